The number of aromatic nitrogens is 1. The molecule has 1 unspecified atom stereocenters. The summed E-state index contributed by atoms with van der Waals surface area (Å²) >= 11 is 0. The molecule has 0 spiro atoms. The molecule has 1 saturated heterocycles. The minimum atomic E-state index is -3.45. The van der Waals surface area contributed by atoms with Gasteiger partial charge in [0.1, 0.15) is 12.4 Å². The molecule has 10 nitrogen and oxygen atoms in total. The molecule has 0 bridgehead atoms. The first-order valence-corrected chi connectivity index (χ1v) is 13.5. The zero-order valence-electron chi connectivity index (χ0n) is 20.7. The number of halogens is 1. The number of pyridine rings is 1. The summed E-state index contributed by atoms with van der Waals surface area (Å²) in [6.45, 7) is 0.746. The largest absolute Gasteiger partial charge is 0.504 e. The number of hydrogen-bond donors (Lipinski definition) is 2. The molecule has 2 aliphatic heterocycles. The van der Waals surface area contributed by atoms with Crippen molar-refractivity contribution in [2.24, 2.45) is 0 Å². The average molecular weight is 534 g/mol. The van der Waals surface area contributed by atoms with Crippen LogP contribution in [0, 0.1) is 5.82 Å². The number of carbonyl (C=O) groups excluding carboxylic acids is 2. The summed E-state index contributed by atoms with van der Waals surface area (Å²) in [6.07, 6.45) is 2.77. The maximum absolute atomic E-state index is 13.8. The van der Waals surface area contributed by atoms with Gasteiger partial charge in [0.25, 0.3) is 5.91 Å². The second kappa shape index (κ2) is 10.7. The van der Waals surface area contributed by atoms with Gasteiger partial charge in [-0.1, -0.05) is 12.1 Å². The van der Waals surface area contributed by atoms with Gasteiger partial charge in [0, 0.05) is 38.0 Å². The lowest BCUT2D eigenvalue weighted by Gasteiger charge is -2.37. The van der Waals surface area contributed by atoms with Crippen LogP contribution < -0.4 is 9.80 Å². The monoisotopic (exact) mass is 533 g/mol. The first-order chi connectivity index (χ1) is 17.6. The number of hydrogen-bond acceptors (Lipinski definition) is 7. The Labute approximate surface area is 215 Å². The predicted molar refractivity (Wildman–Crippen MR) is 136 cm³/mol. The van der Waals surface area contributed by atoms with Crippen LogP contribution in [0.2, 0.25) is 0 Å². The third-order valence-electron chi connectivity index (χ3n) is 6.77. The molecule has 198 valence electrons. The van der Waals surface area contributed by atoms with Crippen molar-refractivity contribution in [3.05, 3.63) is 53.6 Å². The van der Waals surface area contributed by atoms with E-state index in [1.54, 1.807) is 25.2 Å². The van der Waals surface area contributed by atoms with E-state index in [1.807, 2.05) is 0 Å². The number of nitrogens with one attached hydrogen (secondary N) is 1. The molecule has 4 rings (SSSR count). The maximum atomic E-state index is 13.8. The molecular formula is C25H30FN4O6S+. The lowest BCUT2D eigenvalue weighted by Crippen LogP contribution is -2.59. The van der Waals surface area contributed by atoms with Crippen molar-refractivity contribution in [2.45, 2.75) is 12.8 Å². The molecule has 37 heavy (non-hydrogen) atoms. The Kier molecular flexibility index (Phi) is 7.74. The highest BCUT2D eigenvalue weighted by Gasteiger charge is 2.49. The van der Waals surface area contributed by atoms with Crippen molar-refractivity contribution in [3.8, 4) is 11.1 Å². The summed E-state index contributed by atoms with van der Waals surface area (Å²) in [5.74, 6) is -2.37. The maximum Gasteiger partial charge on any atom is 0.360 e. The Morgan fingerprint density at radius 3 is 2.65 bits per heavy atom. The third kappa shape index (κ3) is 5.28. The molecule has 2 amide bonds. The fraction of sp³-hybridized carbons (Fsp3) is 0.400. The summed E-state index contributed by atoms with van der Waals surface area (Å²) in [5, 5.41) is 13.5. The van der Waals surface area contributed by atoms with Gasteiger partial charge in [-0.3, -0.25) is 4.79 Å². The molecule has 0 aliphatic carbocycles. The van der Waals surface area contributed by atoms with Gasteiger partial charge in [0.2, 0.25) is 10.0 Å². The number of sulfonamides is 1. The molecule has 1 atom stereocenters. The van der Waals surface area contributed by atoms with E-state index in [9.17, 15) is 27.5 Å². The van der Waals surface area contributed by atoms with Gasteiger partial charge < -0.3 is 15.2 Å². The van der Waals surface area contributed by atoms with Crippen molar-refractivity contribution >= 4 is 33.3 Å². The lowest BCUT2D eigenvalue weighted by atomic mass is 9.98. The van der Waals surface area contributed by atoms with E-state index in [-0.39, 0.29) is 37.7 Å². The predicted octanol–water partition coefficient (Wildman–Crippen LogP) is 1.82. The number of nitrogens with zero attached hydrogens (tertiary/aromatic N) is 3. The van der Waals surface area contributed by atoms with E-state index in [0.29, 0.717) is 29.8 Å². The summed E-state index contributed by atoms with van der Waals surface area (Å²) < 4.78 is 44.5. The van der Waals surface area contributed by atoms with Crippen LogP contribution >= 0.6 is 0 Å². The lowest BCUT2D eigenvalue weighted by molar-refractivity contribution is -0.129. The highest BCUT2D eigenvalue weighted by molar-refractivity contribution is 7.89. The molecule has 1 fully saturated rings. The topological polar surface area (TPSA) is 126 Å². The van der Waals surface area contributed by atoms with Crippen LogP contribution in [0.3, 0.4) is 0 Å². The number of ether oxygens (including phenoxy) is 1. The van der Waals surface area contributed by atoms with Crippen LogP contribution in [0.15, 0.2) is 42.1 Å². The number of benzene rings is 1. The van der Waals surface area contributed by atoms with Crippen molar-refractivity contribution < 1.29 is 32.2 Å². The van der Waals surface area contributed by atoms with Gasteiger partial charge in [0.05, 0.1) is 26.0 Å². The molecule has 3 heterocycles. The minimum absolute atomic E-state index is 0.0156. The van der Waals surface area contributed by atoms with Gasteiger partial charge in [-0.2, -0.15) is 4.31 Å². The number of likely N-dealkylation sites (N-methyl/N-ethyl adjacent to an activating group) is 1. The van der Waals surface area contributed by atoms with E-state index in [2.05, 4.69) is 10.3 Å². The van der Waals surface area contributed by atoms with Gasteiger partial charge in [-0.25, -0.2) is 27.1 Å². The molecule has 2 N–H and O–H groups in total. The number of aliphatic hydroxyl groups excluding tert-OH is 1. The Balaban J connectivity index is 1.78. The molecule has 0 saturated carbocycles. The number of methoxy groups -OCH3 is 1. The van der Waals surface area contributed by atoms with Gasteiger partial charge in [-0.15, -0.1) is 0 Å². The Bertz CT molecular complexity index is 1350. The van der Waals surface area contributed by atoms with Crippen LogP contribution in [0.4, 0.5) is 10.1 Å². The van der Waals surface area contributed by atoms with Crippen molar-refractivity contribution in [1.82, 2.24) is 19.1 Å². The highest BCUT2D eigenvalue weighted by atomic mass is 32.2. The summed E-state index contributed by atoms with van der Waals surface area (Å²) in [6, 6.07) is 7.40. The van der Waals surface area contributed by atoms with Gasteiger partial charge in [-0.05, 0) is 30.5 Å². The number of aliphatic hydroxyl groups is 1. The van der Waals surface area contributed by atoms with Crippen LogP contribution in [0.25, 0.3) is 16.9 Å². The second-order valence-corrected chi connectivity index (χ2v) is 11.3. The normalized spacial score (nSPS) is 21.5. The molecule has 1 aromatic heterocycles. The highest BCUT2D eigenvalue weighted by Crippen LogP contribution is 2.39. The molecule has 1 aromatic carbocycles. The Morgan fingerprint density at radius 1 is 1.24 bits per heavy atom. The number of amides is 2. The smallest absolute Gasteiger partial charge is 0.360 e. The molecule has 2 aromatic rings. The van der Waals surface area contributed by atoms with Crippen LogP contribution in [0.5, 0.6) is 0 Å². The van der Waals surface area contributed by atoms with E-state index >= 15 is 0 Å². The number of rotatable bonds is 8. The first-order valence-electron chi connectivity index (χ1n) is 11.9. The standard InChI is InChI=1S/C25H29FN4O6S/c1-30(12-11-29-10-3-4-14-37(29,34)35)20-15-18(17-5-7-19(26)8-6-17)16-28-22(20)23(31)21(25(30)33)24(32)27-9-13-36-2/h5-8,15-16H,3-4,9-14H2,1-2H3,(H-,27,31,32,33)/p+1. The van der Waals surface area contributed by atoms with E-state index in [1.165, 1.54) is 29.7 Å². The van der Waals surface area contributed by atoms with E-state index in [0.717, 1.165) is 6.42 Å². The molecule has 2 aliphatic rings. The first kappa shape index (κ1) is 26.9. The van der Waals surface area contributed by atoms with Gasteiger partial charge in [0.15, 0.2) is 22.7 Å². The number of quaternary nitrogens is 1. The van der Waals surface area contributed by atoms with Crippen molar-refractivity contribution in [2.75, 3.05) is 52.7 Å². The number of carbonyl (C=O) groups is 2. The fourth-order valence-electron chi connectivity index (χ4n) is 4.57. The quantitative estimate of drug-likeness (QED) is 0.301. The van der Waals surface area contributed by atoms with Gasteiger partial charge >= 0.3 is 5.91 Å². The summed E-state index contributed by atoms with van der Waals surface area (Å²) in [5.41, 5.74) is 1.12. The van der Waals surface area contributed by atoms with E-state index < -0.39 is 43.5 Å². The van der Waals surface area contributed by atoms with Crippen LogP contribution in [0.1, 0.15) is 18.5 Å². The zero-order chi connectivity index (χ0) is 26.8. The van der Waals surface area contributed by atoms with E-state index in [4.69, 9.17) is 4.74 Å². The summed E-state index contributed by atoms with van der Waals surface area (Å²) in [7, 11) is -0.410. The minimum Gasteiger partial charge on any atom is -0.504 e. The summed E-state index contributed by atoms with van der Waals surface area (Å²) in [4.78, 5) is 31.1. The second-order valence-electron chi connectivity index (χ2n) is 9.21. The van der Waals surface area contributed by atoms with Crippen LogP contribution in [-0.4, -0.2) is 87.3 Å². The number of fused-ring (bicyclic) bond motifs is 1. The SMILES string of the molecule is COCCNC(=O)C1=C(O)c2ncc(-c3ccc(F)cc3)cc2[N+](C)(CCN2CCCCS2(=O)=O)C1=O. The molecular weight excluding hydrogens is 503 g/mol. The fourth-order valence-corrected chi connectivity index (χ4v) is 6.17. The van der Waals surface area contributed by atoms with Crippen molar-refractivity contribution in [1.29, 1.82) is 0 Å². The average Bonchev–Trinajstić information content (AvgIpc) is 2.87. The molecule has 12 heteroatoms. The molecule has 0 radical (unpaired) electrons. The Hall–Kier alpha value is -3.19. The van der Waals surface area contributed by atoms with Crippen LogP contribution in [-0.2, 0) is 24.3 Å². The third-order valence-corrected chi connectivity index (χ3v) is 8.73. The Morgan fingerprint density at radius 2 is 1.97 bits per heavy atom. The zero-order valence-corrected chi connectivity index (χ0v) is 21.6. The van der Waals surface area contributed by atoms with Crippen molar-refractivity contribution in [3.63, 3.8) is 0 Å².